The Kier molecular flexibility index (Phi) is 2.15. The maximum atomic E-state index is 5.82. The number of hydrogen-bond acceptors (Lipinski definition) is 1. The van der Waals surface area contributed by atoms with E-state index >= 15 is 0 Å². The van der Waals surface area contributed by atoms with Crippen LogP contribution in [0.5, 0.6) is 0 Å². The molecule has 1 aromatic rings. The molecule has 0 spiro atoms. The first kappa shape index (κ1) is 9.72. The van der Waals surface area contributed by atoms with Crippen molar-refractivity contribution in [3.8, 4) is 0 Å². The van der Waals surface area contributed by atoms with Crippen LogP contribution in [-0.2, 0) is 5.41 Å². The highest BCUT2D eigenvalue weighted by molar-refractivity contribution is 5.33. The molecule has 0 aromatic heterocycles. The van der Waals surface area contributed by atoms with Gasteiger partial charge in [0.05, 0.1) is 0 Å². The molecule has 0 amide bonds. The minimum absolute atomic E-state index is 0.254. The van der Waals surface area contributed by atoms with Gasteiger partial charge in [-0.05, 0) is 23.0 Å². The lowest BCUT2D eigenvalue weighted by atomic mass is 9.86. The van der Waals surface area contributed by atoms with E-state index in [2.05, 4.69) is 45.0 Å². The van der Waals surface area contributed by atoms with E-state index < -0.39 is 0 Å². The Morgan fingerprint density at radius 3 is 2.00 bits per heavy atom. The summed E-state index contributed by atoms with van der Waals surface area (Å²) < 4.78 is 0. The van der Waals surface area contributed by atoms with Crippen molar-refractivity contribution in [3.63, 3.8) is 0 Å². The fourth-order valence-electron chi connectivity index (χ4n) is 1.83. The normalized spacial score (nSPS) is 26.3. The molecular formula is C13H19N. The zero-order chi connectivity index (χ0) is 10.3. The van der Waals surface area contributed by atoms with Gasteiger partial charge < -0.3 is 5.73 Å². The summed E-state index contributed by atoms with van der Waals surface area (Å²) in [5.74, 6) is 0.629. The summed E-state index contributed by atoms with van der Waals surface area (Å²) in [6, 6.07) is 9.35. The summed E-state index contributed by atoms with van der Waals surface area (Å²) in [6.07, 6.45) is 1.16. The van der Waals surface area contributed by atoms with Gasteiger partial charge in [0.15, 0.2) is 0 Å². The van der Waals surface area contributed by atoms with Gasteiger partial charge in [-0.25, -0.2) is 0 Å². The van der Waals surface area contributed by atoms with E-state index in [0.717, 1.165) is 6.42 Å². The predicted octanol–water partition coefficient (Wildman–Crippen LogP) is 2.80. The molecule has 2 N–H and O–H groups in total. The number of hydrogen-bond donors (Lipinski definition) is 1. The highest BCUT2D eigenvalue weighted by Gasteiger charge is 2.34. The first-order valence-corrected chi connectivity index (χ1v) is 5.34. The van der Waals surface area contributed by atoms with Gasteiger partial charge in [-0.1, -0.05) is 45.0 Å². The second kappa shape index (κ2) is 3.09. The monoisotopic (exact) mass is 189 g/mol. The van der Waals surface area contributed by atoms with Crippen molar-refractivity contribution in [2.75, 3.05) is 0 Å². The van der Waals surface area contributed by atoms with E-state index in [9.17, 15) is 0 Å². The van der Waals surface area contributed by atoms with E-state index in [4.69, 9.17) is 5.73 Å². The number of nitrogens with two attached hydrogens (primary N) is 1. The molecule has 0 heterocycles. The third kappa shape index (κ3) is 1.83. The zero-order valence-electron chi connectivity index (χ0n) is 9.25. The molecule has 1 saturated carbocycles. The van der Waals surface area contributed by atoms with E-state index in [0.29, 0.717) is 12.0 Å². The van der Waals surface area contributed by atoms with Crippen LogP contribution >= 0.6 is 0 Å². The maximum Gasteiger partial charge on any atom is 0.0115 e. The molecule has 14 heavy (non-hydrogen) atoms. The highest BCUT2D eigenvalue weighted by atomic mass is 14.7. The average molecular weight is 189 g/mol. The van der Waals surface area contributed by atoms with Gasteiger partial charge in [-0.3, -0.25) is 0 Å². The lowest BCUT2D eigenvalue weighted by Crippen LogP contribution is -2.10. The fraction of sp³-hybridized carbons (Fsp3) is 0.538. The Morgan fingerprint density at radius 2 is 1.64 bits per heavy atom. The molecule has 1 aliphatic rings. The highest BCUT2D eigenvalue weighted by Crippen LogP contribution is 2.39. The van der Waals surface area contributed by atoms with Gasteiger partial charge in [0.1, 0.15) is 0 Å². The standard InChI is InChI=1S/C13H19N/c1-13(2,3)10-6-4-9(5-7-10)11-8-12(11)14/h4-7,11-12H,8,14H2,1-3H3. The smallest absolute Gasteiger partial charge is 0.0115 e. The maximum absolute atomic E-state index is 5.82. The topological polar surface area (TPSA) is 26.0 Å². The first-order valence-electron chi connectivity index (χ1n) is 5.34. The van der Waals surface area contributed by atoms with Crippen LogP contribution in [0.2, 0.25) is 0 Å². The Balaban J connectivity index is 2.18. The van der Waals surface area contributed by atoms with Crippen LogP contribution in [0.4, 0.5) is 0 Å². The summed E-state index contributed by atoms with van der Waals surface area (Å²) >= 11 is 0. The van der Waals surface area contributed by atoms with Crippen LogP contribution in [0.3, 0.4) is 0 Å². The second-order valence-electron chi connectivity index (χ2n) is 5.38. The molecule has 76 valence electrons. The minimum atomic E-state index is 0.254. The predicted molar refractivity (Wildman–Crippen MR) is 60.5 cm³/mol. The van der Waals surface area contributed by atoms with Crippen molar-refractivity contribution in [1.29, 1.82) is 0 Å². The van der Waals surface area contributed by atoms with Crippen molar-refractivity contribution in [3.05, 3.63) is 35.4 Å². The molecule has 0 radical (unpaired) electrons. The van der Waals surface area contributed by atoms with Crippen LogP contribution in [0, 0.1) is 0 Å². The third-order valence-electron chi connectivity index (χ3n) is 3.04. The van der Waals surface area contributed by atoms with Gasteiger partial charge in [0.25, 0.3) is 0 Å². The Labute approximate surface area is 86.3 Å². The summed E-state index contributed by atoms with van der Waals surface area (Å²) in [7, 11) is 0. The van der Waals surface area contributed by atoms with Crippen molar-refractivity contribution in [2.24, 2.45) is 5.73 Å². The Morgan fingerprint density at radius 1 is 1.14 bits per heavy atom. The summed E-state index contributed by atoms with van der Waals surface area (Å²) in [5, 5.41) is 0. The average Bonchev–Trinajstić information content (AvgIpc) is 2.81. The lowest BCUT2D eigenvalue weighted by Gasteiger charge is -2.19. The molecule has 1 fully saturated rings. The summed E-state index contributed by atoms with van der Waals surface area (Å²) in [6.45, 7) is 6.72. The van der Waals surface area contributed by atoms with Gasteiger partial charge >= 0.3 is 0 Å². The Bertz CT molecular complexity index is 318. The van der Waals surface area contributed by atoms with Crippen molar-refractivity contribution < 1.29 is 0 Å². The molecule has 0 bridgehead atoms. The van der Waals surface area contributed by atoms with Crippen LogP contribution in [0.1, 0.15) is 44.2 Å². The molecule has 1 aliphatic carbocycles. The minimum Gasteiger partial charge on any atom is -0.327 e. The molecule has 2 unspecified atom stereocenters. The number of benzene rings is 1. The van der Waals surface area contributed by atoms with Crippen LogP contribution in [0.25, 0.3) is 0 Å². The quantitative estimate of drug-likeness (QED) is 0.722. The van der Waals surface area contributed by atoms with E-state index in [1.807, 2.05) is 0 Å². The van der Waals surface area contributed by atoms with Crippen LogP contribution in [-0.4, -0.2) is 6.04 Å². The molecule has 1 nitrogen and oxygen atoms in total. The van der Waals surface area contributed by atoms with Gasteiger partial charge in [-0.15, -0.1) is 0 Å². The molecular weight excluding hydrogens is 170 g/mol. The summed E-state index contributed by atoms with van der Waals surface area (Å²) in [5.41, 5.74) is 8.88. The molecule has 1 aromatic carbocycles. The Hall–Kier alpha value is -0.820. The summed E-state index contributed by atoms with van der Waals surface area (Å²) in [4.78, 5) is 0. The number of rotatable bonds is 1. The molecule has 2 rings (SSSR count). The van der Waals surface area contributed by atoms with Crippen molar-refractivity contribution in [1.82, 2.24) is 0 Å². The third-order valence-corrected chi connectivity index (χ3v) is 3.04. The van der Waals surface area contributed by atoms with Crippen molar-refractivity contribution in [2.45, 2.75) is 44.6 Å². The van der Waals surface area contributed by atoms with Crippen molar-refractivity contribution >= 4 is 0 Å². The molecule has 2 atom stereocenters. The van der Waals surface area contributed by atoms with Gasteiger partial charge in [0.2, 0.25) is 0 Å². The lowest BCUT2D eigenvalue weighted by molar-refractivity contribution is 0.590. The van der Waals surface area contributed by atoms with Crippen LogP contribution < -0.4 is 5.73 Å². The van der Waals surface area contributed by atoms with Gasteiger partial charge in [-0.2, -0.15) is 0 Å². The molecule has 0 saturated heterocycles. The largest absolute Gasteiger partial charge is 0.327 e. The van der Waals surface area contributed by atoms with Gasteiger partial charge in [0, 0.05) is 12.0 Å². The first-order chi connectivity index (χ1) is 6.48. The zero-order valence-corrected chi connectivity index (χ0v) is 9.25. The SMILES string of the molecule is CC(C)(C)c1ccc(C2CC2N)cc1. The molecule has 0 aliphatic heterocycles. The van der Waals surface area contributed by atoms with E-state index in [-0.39, 0.29) is 5.41 Å². The van der Waals surface area contributed by atoms with Crippen LogP contribution in [0.15, 0.2) is 24.3 Å². The molecule has 1 heteroatoms. The second-order valence-corrected chi connectivity index (χ2v) is 5.38. The van der Waals surface area contributed by atoms with E-state index in [1.54, 1.807) is 0 Å². The fourth-order valence-corrected chi connectivity index (χ4v) is 1.83. The van der Waals surface area contributed by atoms with E-state index in [1.165, 1.54) is 11.1 Å².